The molecule has 0 bridgehead atoms. The third-order valence-corrected chi connectivity index (χ3v) is 4.96. The Hall–Kier alpha value is -1.07. The quantitative estimate of drug-likeness (QED) is 0.929. The Bertz CT molecular complexity index is 498. The smallest absolute Gasteiger partial charge is 0.274 e. The number of carbonyl (C=O) groups excluding carboxylic acids is 1. The minimum Gasteiger partial charge on any atom is -0.332 e. The third kappa shape index (κ3) is 3.30. The molecule has 3 rings (SSSR count). The van der Waals surface area contributed by atoms with Crippen molar-refractivity contribution in [3.05, 3.63) is 18.0 Å². The maximum Gasteiger partial charge on any atom is 0.274 e. The van der Waals surface area contributed by atoms with Crippen molar-refractivity contribution in [3.8, 4) is 0 Å². The predicted octanol–water partition coefficient (Wildman–Crippen LogP) is 2.63. The number of aromatic nitrogens is 2. The Morgan fingerprint density at radius 3 is 2.91 bits per heavy atom. The van der Waals surface area contributed by atoms with Crippen LogP contribution < -0.4 is 5.32 Å². The SMILES string of the molecule is CCC1CCC(C)N1C(=O)c1ccn(C2CCCNC2)n1.Cl. The molecule has 0 aliphatic carbocycles. The summed E-state index contributed by atoms with van der Waals surface area (Å²) in [5.74, 6) is 0.106. The molecular formula is C16H27ClN4O. The van der Waals surface area contributed by atoms with Gasteiger partial charge in [-0.25, -0.2) is 0 Å². The van der Waals surface area contributed by atoms with Gasteiger partial charge in [0, 0.05) is 24.8 Å². The molecule has 1 amide bonds. The lowest BCUT2D eigenvalue weighted by atomic mass is 10.1. The average Bonchev–Trinajstić information content (AvgIpc) is 3.14. The molecular weight excluding hydrogens is 300 g/mol. The van der Waals surface area contributed by atoms with Crippen LogP contribution in [0.25, 0.3) is 0 Å². The van der Waals surface area contributed by atoms with Crippen LogP contribution in [0.5, 0.6) is 0 Å². The van der Waals surface area contributed by atoms with Crippen LogP contribution in [0.3, 0.4) is 0 Å². The highest BCUT2D eigenvalue weighted by Gasteiger charge is 2.34. The third-order valence-electron chi connectivity index (χ3n) is 4.96. The number of likely N-dealkylation sites (tertiary alicyclic amines) is 1. The summed E-state index contributed by atoms with van der Waals surface area (Å²) in [6.45, 7) is 6.35. The Morgan fingerprint density at radius 2 is 2.23 bits per heavy atom. The lowest BCUT2D eigenvalue weighted by Crippen LogP contribution is -2.40. The van der Waals surface area contributed by atoms with Crippen molar-refractivity contribution in [2.24, 2.45) is 0 Å². The molecule has 3 heterocycles. The first kappa shape index (κ1) is 17.3. The first-order valence-electron chi connectivity index (χ1n) is 8.29. The molecule has 0 radical (unpaired) electrons. The molecule has 3 unspecified atom stereocenters. The Labute approximate surface area is 138 Å². The second kappa shape index (κ2) is 7.47. The molecule has 1 aromatic rings. The van der Waals surface area contributed by atoms with Crippen molar-refractivity contribution >= 4 is 18.3 Å². The average molecular weight is 327 g/mol. The van der Waals surface area contributed by atoms with E-state index in [4.69, 9.17) is 0 Å². The number of hydrogen-bond donors (Lipinski definition) is 1. The van der Waals surface area contributed by atoms with Gasteiger partial charge < -0.3 is 10.2 Å². The van der Waals surface area contributed by atoms with Gasteiger partial charge in [0.1, 0.15) is 5.69 Å². The van der Waals surface area contributed by atoms with E-state index in [9.17, 15) is 4.79 Å². The largest absolute Gasteiger partial charge is 0.332 e. The van der Waals surface area contributed by atoms with Crippen LogP contribution in [-0.2, 0) is 0 Å². The summed E-state index contributed by atoms with van der Waals surface area (Å²) < 4.78 is 1.97. The van der Waals surface area contributed by atoms with Crippen molar-refractivity contribution in [3.63, 3.8) is 0 Å². The summed E-state index contributed by atoms with van der Waals surface area (Å²) in [6.07, 6.45) is 7.54. The van der Waals surface area contributed by atoms with E-state index in [1.54, 1.807) is 0 Å². The molecule has 0 spiro atoms. The molecule has 124 valence electrons. The molecule has 2 saturated heterocycles. The fourth-order valence-electron chi connectivity index (χ4n) is 3.69. The molecule has 2 aliphatic heterocycles. The van der Waals surface area contributed by atoms with E-state index in [1.807, 2.05) is 21.8 Å². The van der Waals surface area contributed by atoms with E-state index in [1.165, 1.54) is 6.42 Å². The second-order valence-electron chi connectivity index (χ2n) is 6.38. The number of carbonyl (C=O) groups is 1. The second-order valence-corrected chi connectivity index (χ2v) is 6.38. The van der Waals surface area contributed by atoms with E-state index in [2.05, 4.69) is 24.3 Å². The topological polar surface area (TPSA) is 50.2 Å². The van der Waals surface area contributed by atoms with Gasteiger partial charge in [0.25, 0.3) is 5.91 Å². The highest BCUT2D eigenvalue weighted by atomic mass is 35.5. The van der Waals surface area contributed by atoms with Gasteiger partial charge in [0.15, 0.2) is 0 Å². The van der Waals surface area contributed by atoms with Crippen LogP contribution in [0.15, 0.2) is 12.3 Å². The molecule has 0 saturated carbocycles. The zero-order chi connectivity index (χ0) is 14.8. The maximum absolute atomic E-state index is 12.8. The summed E-state index contributed by atoms with van der Waals surface area (Å²) in [4.78, 5) is 14.8. The lowest BCUT2D eigenvalue weighted by Gasteiger charge is -2.27. The van der Waals surface area contributed by atoms with Crippen LogP contribution in [0, 0.1) is 0 Å². The van der Waals surface area contributed by atoms with Crippen molar-refractivity contribution < 1.29 is 4.79 Å². The highest BCUT2D eigenvalue weighted by molar-refractivity contribution is 5.92. The fourth-order valence-corrected chi connectivity index (χ4v) is 3.69. The summed E-state index contributed by atoms with van der Waals surface area (Å²) in [5, 5.41) is 7.96. The van der Waals surface area contributed by atoms with Crippen LogP contribution in [-0.4, -0.2) is 45.8 Å². The normalized spacial score (nSPS) is 28.5. The molecule has 22 heavy (non-hydrogen) atoms. The monoisotopic (exact) mass is 326 g/mol. The minimum atomic E-state index is 0. The molecule has 3 atom stereocenters. The molecule has 1 aromatic heterocycles. The summed E-state index contributed by atoms with van der Waals surface area (Å²) in [7, 11) is 0. The highest BCUT2D eigenvalue weighted by Crippen LogP contribution is 2.27. The van der Waals surface area contributed by atoms with Crippen LogP contribution in [0.2, 0.25) is 0 Å². The van der Waals surface area contributed by atoms with Gasteiger partial charge in [0.2, 0.25) is 0 Å². The maximum atomic E-state index is 12.8. The number of nitrogens with one attached hydrogen (secondary N) is 1. The minimum absolute atomic E-state index is 0. The molecule has 6 heteroatoms. The number of amides is 1. The summed E-state index contributed by atoms with van der Waals surface area (Å²) in [5.41, 5.74) is 0.604. The van der Waals surface area contributed by atoms with Gasteiger partial charge in [-0.15, -0.1) is 12.4 Å². The van der Waals surface area contributed by atoms with Crippen LogP contribution in [0.4, 0.5) is 0 Å². The van der Waals surface area contributed by atoms with Gasteiger partial charge in [-0.2, -0.15) is 5.10 Å². The molecule has 5 nitrogen and oxygen atoms in total. The summed E-state index contributed by atoms with van der Waals surface area (Å²) >= 11 is 0. The number of piperidine rings is 1. The zero-order valence-corrected chi connectivity index (χ0v) is 14.3. The number of halogens is 1. The summed E-state index contributed by atoms with van der Waals surface area (Å²) in [6, 6.07) is 2.99. The van der Waals surface area contributed by atoms with Gasteiger partial charge in [-0.1, -0.05) is 6.92 Å². The van der Waals surface area contributed by atoms with E-state index < -0.39 is 0 Å². The number of nitrogens with zero attached hydrogens (tertiary/aromatic N) is 3. The van der Waals surface area contributed by atoms with E-state index in [0.29, 0.717) is 23.8 Å². The van der Waals surface area contributed by atoms with E-state index in [0.717, 1.165) is 38.8 Å². The standard InChI is InChI=1S/C16H26N4O.ClH/c1-3-13-7-6-12(2)20(13)16(21)15-8-10-19(18-15)14-5-4-9-17-11-14;/h8,10,12-14,17H,3-7,9,11H2,1-2H3;1H. The first-order valence-corrected chi connectivity index (χ1v) is 8.29. The van der Waals surface area contributed by atoms with Gasteiger partial charge in [-0.3, -0.25) is 9.48 Å². The Kier molecular flexibility index (Phi) is 5.87. The number of rotatable bonds is 3. The molecule has 2 aliphatic rings. The molecule has 1 N–H and O–H groups in total. The lowest BCUT2D eigenvalue weighted by molar-refractivity contribution is 0.0668. The molecule has 2 fully saturated rings. The van der Waals surface area contributed by atoms with Gasteiger partial charge >= 0.3 is 0 Å². The van der Waals surface area contributed by atoms with Gasteiger partial charge in [0.05, 0.1) is 6.04 Å². The van der Waals surface area contributed by atoms with Crippen LogP contribution in [0.1, 0.15) is 62.5 Å². The fraction of sp³-hybridized carbons (Fsp3) is 0.750. The van der Waals surface area contributed by atoms with Crippen molar-refractivity contribution in [2.75, 3.05) is 13.1 Å². The molecule has 0 aromatic carbocycles. The first-order chi connectivity index (χ1) is 10.2. The van der Waals surface area contributed by atoms with Crippen molar-refractivity contribution in [1.29, 1.82) is 0 Å². The van der Waals surface area contributed by atoms with Gasteiger partial charge in [-0.05, 0) is 51.6 Å². The van der Waals surface area contributed by atoms with Crippen molar-refractivity contribution in [1.82, 2.24) is 20.0 Å². The Morgan fingerprint density at radius 1 is 1.41 bits per heavy atom. The Balaban J connectivity index is 0.00000176. The zero-order valence-electron chi connectivity index (χ0n) is 13.5. The van der Waals surface area contributed by atoms with Crippen LogP contribution >= 0.6 is 12.4 Å². The van der Waals surface area contributed by atoms with E-state index in [-0.39, 0.29) is 18.3 Å². The van der Waals surface area contributed by atoms with E-state index >= 15 is 0 Å². The predicted molar refractivity (Wildman–Crippen MR) is 89.6 cm³/mol. The van der Waals surface area contributed by atoms with Crippen molar-refractivity contribution in [2.45, 2.75) is 64.1 Å². The number of hydrogen-bond acceptors (Lipinski definition) is 3.